The summed E-state index contributed by atoms with van der Waals surface area (Å²) in [5, 5.41) is 12.7. The number of amides is 1. The van der Waals surface area contributed by atoms with E-state index in [2.05, 4.69) is 27.9 Å². The Balaban J connectivity index is 2.34. The Kier molecular flexibility index (Phi) is 4.72. The van der Waals surface area contributed by atoms with Crippen LogP contribution in [0.3, 0.4) is 0 Å². The van der Waals surface area contributed by atoms with Crippen LogP contribution in [0.4, 0.5) is 5.69 Å². The molecule has 0 saturated heterocycles. The smallest absolute Gasteiger partial charge is 0.259 e. The van der Waals surface area contributed by atoms with Crippen LogP contribution in [0, 0.1) is 3.57 Å². The molecule has 0 aliphatic carbocycles. The van der Waals surface area contributed by atoms with Gasteiger partial charge in [0.1, 0.15) is 11.5 Å². The van der Waals surface area contributed by atoms with E-state index in [1.807, 2.05) is 0 Å². The van der Waals surface area contributed by atoms with E-state index in [1.54, 1.807) is 24.3 Å². The number of ether oxygens (including phenoxy) is 1. The summed E-state index contributed by atoms with van der Waals surface area (Å²) in [4.78, 5) is 12.2. The summed E-state index contributed by atoms with van der Waals surface area (Å²) < 4.78 is 5.98. The standard InChI is InChI=1S/C14H11ClINO3/c1-20-13-7-10(16)9(15)6-8(13)14(19)17-11-4-2-3-5-12(11)18/h2-7,18H,1H3,(H,17,19). The van der Waals surface area contributed by atoms with Crippen LogP contribution >= 0.6 is 34.2 Å². The fraction of sp³-hybridized carbons (Fsp3) is 0.0714. The van der Waals surface area contributed by atoms with Crippen LogP contribution in [0.1, 0.15) is 10.4 Å². The molecule has 6 heteroatoms. The zero-order valence-corrected chi connectivity index (χ0v) is 13.4. The van der Waals surface area contributed by atoms with E-state index >= 15 is 0 Å². The Bertz CT molecular complexity index is 661. The minimum absolute atomic E-state index is 0.00331. The van der Waals surface area contributed by atoms with Gasteiger partial charge in [-0.3, -0.25) is 4.79 Å². The van der Waals surface area contributed by atoms with Gasteiger partial charge in [-0.25, -0.2) is 0 Å². The molecule has 4 nitrogen and oxygen atoms in total. The third-order valence-corrected chi connectivity index (χ3v) is 4.16. The highest BCUT2D eigenvalue weighted by molar-refractivity contribution is 14.1. The molecule has 0 radical (unpaired) electrons. The summed E-state index contributed by atoms with van der Waals surface area (Å²) in [6.07, 6.45) is 0. The number of rotatable bonds is 3. The average Bonchev–Trinajstić information content (AvgIpc) is 2.43. The molecule has 0 aromatic heterocycles. The summed E-state index contributed by atoms with van der Waals surface area (Å²) in [5.41, 5.74) is 0.635. The first-order chi connectivity index (χ1) is 9.52. The topological polar surface area (TPSA) is 58.6 Å². The lowest BCUT2D eigenvalue weighted by atomic mass is 10.1. The second-order valence-corrected chi connectivity index (χ2v) is 5.51. The first kappa shape index (κ1) is 14.9. The van der Waals surface area contributed by atoms with E-state index in [0.717, 1.165) is 3.57 Å². The Morgan fingerprint density at radius 3 is 2.70 bits per heavy atom. The van der Waals surface area contributed by atoms with Gasteiger partial charge in [-0.05, 0) is 46.9 Å². The van der Waals surface area contributed by atoms with Gasteiger partial charge in [0.15, 0.2) is 0 Å². The van der Waals surface area contributed by atoms with Gasteiger partial charge >= 0.3 is 0 Å². The minimum Gasteiger partial charge on any atom is -0.506 e. The number of hydrogen-bond donors (Lipinski definition) is 2. The van der Waals surface area contributed by atoms with Gasteiger partial charge < -0.3 is 15.2 Å². The number of benzene rings is 2. The highest BCUT2D eigenvalue weighted by atomic mass is 127. The van der Waals surface area contributed by atoms with Gasteiger partial charge in [-0.15, -0.1) is 0 Å². The number of carbonyl (C=O) groups is 1. The molecule has 0 unspecified atom stereocenters. The number of nitrogens with one attached hydrogen (secondary N) is 1. The molecule has 104 valence electrons. The van der Waals surface area contributed by atoms with Crippen LogP contribution in [0.25, 0.3) is 0 Å². The molecular weight excluding hydrogens is 393 g/mol. The van der Waals surface area contributed by atoms with Gasteiger partial charge in [-0.2, -0.15) is 0 Å². The molecule has 2 aromatic rings. The summed E-state index contributed by atoms with van der Waals surface area (Å²) in [6, 6.07) is 9.71. The molecule has 0 fully saturated rings. The van der Waals surface area contributed by atoms with Crippen LogP contribution < -0.4 is 10.1 Å². The maximum absolute atomic E-state index is 12.2. The first-order valence-electron chi connectivity index (χ1n) is 5.65. The molecule has 0 atom stereocenters. The van der Waals surface area contributed by atoms with Crippen molar-refractivity contribution in [3.8, 4) is 11.5 Å². The summed E-state index contributed by atoms with van der Waals surface area (Å²) in [5.74, 6) is 0.0183. The maximum Gasteiger partial charge on any atom is 0.259 e. The molecule has 0 aliphatic heterocycles. The van der Waals surface area contributed by atoms with Gasteiger partial charge in [0.2, 0.25) is 0 Å². The van der Waals surface area contributed by atoms with Crippen LogP contribution in [0.5, 0.6) is 11.5 Å². The molecule has 0 spiro atoms. The zero-order valence-electron chi connectivity index (χ0n) is 10.5. The van der Waals surface area contributed by atoms with E-state index < -0.39 is 5.91 Å². The SMILES string of the molecule is COc1cc(I)c(Cl)cc1C(=O)Nc1ccccc1O. The van der Waals surface area contributed by atoms with E-state index in [1.165, 1.54) is 19.2 Å². The number of hydrogen-bond acceptors (Lipinski definition) is 3. The number of para-hydroxylation sites is 2. The van der Waals surface area contributed by atoms with Crippen molar-refractivity contribution >= 4 is 45.8 Å². The predicted octanol–water partition coefficient (Wildman–Crippen LogP) is 3.91. The van der Waals surface area contributed by atoms with Crippen LogP contribution in [0.15, 0.2) is 36.4 Å². The third kappa shape index (κ3) is 3.16. The maximum atomic E-state index is 12.2. The van der Waals surface area contributed by atoms with Crippen molar-refractivity contribution in [2.24, 2.45) is 0 Å². The quantitative estimate of drug-likeness (QED) is 0.603. The Morgan fingerprint density at radius 2 is 2.05 bits per heavy atom. The fourth-order valence-corrected chi connectivity index (χ4v) is 2.25. The molecule has 2 rings (SSSR count). The highest BCUT2D eigenvalue weighted by Crippen LogP contribution is 2.30. The number of methoxy groups -OCH3 is 1. The number of carbonyl (C=O) groups excluding carboxylic acids is 1. The van der Waals surface area contributed by atoms with E-state index in [-0.39, 0.29) is 5.75 Å². The van der Waals surface area contributed by atoms with E-state index in [4.69, 9.17) is 16.3 Å². The minimum atomic E-state index is -0.401. The van der Waals surface area contributed by atoms with E-state index in [0.29, 0.717) is 22.0 Å². The summed E-state index contributed by atoms with van der Waals surface area (Å²) in [7, 11) is 1.48. The van der Waals surface area contributed by atoms with Gasteiger partial charge in [0, 0.05) is 3.57 Å². The van der Waals surface area contributed by atoms with Crippen molar-refractivity contribution in [2.75, 3.05) is 12.4 Å². The number of aromatic hydroxyl groups is 1. The summed E-state index contributed by atoms with van der Waals surface area (Å²) in [6.45, 7) is 0. The first-order valence-corrected chi connectivity index (χ1v) is 7.11. The number of phenols is 1. The average molecular weight is 404 g/mol. The molecule has 2 aromatic carbocycles. The lowest BCUT2D eigenvalue weighted by molar-refractivity contribution is 0.102. The normalized spacial score (nSPS) is 10.2. The molecule has 0 bridgehead atoms. The van der Waals surface area contributed by atoms with Crippen molar-refractivity contribution in [3.63, 3.8) is 0 Å². The fourth-order valence-electron chi connectivity index (χ4n) is 1.64. The zero-order chi connectivity index (χ0) is 14.7. The van der Waals surface area contributed by atoms with Gasteiger partial charge in [0.25, 0.3) is 5.91 Å². The van der Waals surface area contributed by atoms with Crippen molar-refractivity contribution in [2.45, 2.75) is 0 Å². The lowest BCUT2D eigenvalue weighted by Gasteiger charge is -2.11. The van der Waals surface area contributed by atoms with Crippen molar-refractivity contribution in [3.05, 3.63) is 50.6 Å². The number of halogens is 2. The second-order valence-electron chi connectivity index (χ2n) is 3.94. The number of anilines is 1. The van der Waals surface area contributed by atoms with Crippen LogP contribution in [-0.2, 0) is 0 Å². The highest BCUT2D eigenvalue weighted by Gasteiger charge is 2.16. The molecule has 0 saturated carbocycles. The molecular formula is C14H11ClINO3. The Morgan fingerprint density at radius 1 is 1.35 bits per heavy atom. The van der Waals surface area contributed by atoms with Crippen LogP contribution in [0.2, 0.25) is 5.02 Å². The Labute approximate surface area is 134 Å². The Hall–Kier alpha value is -1.47. The summed E-state index contributed by atoms with van der Waals surface area (Å²) >= 11 is 8.09. The lowest BCUT2D eigenvalue weighted by Crippen LogP contribution is -2.13. The molecule has 1 amide bonds. The molecule has 0 heterocycles. The van der Waals surface area contributed by atoms with Gasteiger partial charge in [-0.1, -0.05) is 23.7 Å². The number of phenolic OH excluding ortho intramolecular Hbond substituents is 1. The monoisotopic (exact) mass is 403 g/mol. The van der Waals surface area contributed by atoms with Crippen LogP contribution in [-0.4, -0.2) is 18.1 Å². The third-order valence-electron chi connectivity index (χ3n) is 2.64. The second kappa shape index (κ2) is 6.32. The van der Waals surface area contributed by atoms with Gasteiger partial charge in [0.05, 0.1) is 23.4 Å². The molecule has 0 aliphatic rings. The van der Waals surface area contributed by atoms with Crippen molar-refractivity contribution in [1.29, 1.82) is 0 Å². The predicted molar refractivity (Wildman–Crippen MR) is 86.8 cm³/mol. The largest absolute Gasteiger partial charge is 0.506 e. The van der Waals surface area contributed by atoms with Crippen molar-refractivity contribution in [1.82, 2.24) is 0 Å². The molecule has 20 heavy (non-hydrogen) atoms. The van der Waals surface area contributed by atoms with E-state index in [9.17, 15) is 9.90 Å². The molecule has 2 N–H and O–H groups in total. The van der Waals surface area contributed by atoms with Crippen molar-refractivity contribution < 1.29 is 14.6 Å².